The van der Waals surface area contributed by atoms with E-state index in [-0.39, 0.29) is 6.61 Å². The van der Waals surface area contributed by atoms with Crippen LogP contribution in [0.2, 0.25) is 0 Å². The maximum Gasteiger partial charge on any atom is 0.411 e. The molecule has 0 radical (unpaired) electrons. The van der Waals surface area contributed by atoms with Gasteiger partial charge in [0.05, 0.1) is 5.54 Å². The molecule has 1 aliphatic heterocycles. The van der Waals surface area contributed by atoms with Gasteiger partial charge < -0.3 is 9.47 Å². The van der Waals surface area contributed by atoms with Crippen LogP contribution < -0.4 is 0 Å². The van der Waals surface area contributed by atoms with E-state index in [9.17, 15) is 9.59 Å². The summed E-state index contributed by atoms with van der Waals surface area (Å²) >= 11 is 0. The Balaban J connectivity index is 1.52. The average Bonchev–Trinajstić information content (AvgIpc) is 3.38. The minimum Gasteiger partial charge on any atom is -0.459 e. The second-order valence-corrected chi connectivity index (χ2v) is 11.3. The van der Waals surface area contributed by atoms with E-state index in [2.05, 4.69) is 0 Å². The quantitative estimate of drug-likeness (QED) is 0.149. The Bertz CT molecular complexity index is 1510. The Labute approximate surface area is 247 Å². The van der Waals surface area contributed by atoms with Gasteiger partial charge in [-0.25, -0.2) is 9.59 Å². The zero-order valence-corrected chi connectivity index (χ0v) is 24.2. The van der Waals surface area contributed by atoms with Crippen molar-refractivity contribution in [2.75, 3.05) is 0 Å². The fourth-order valence-electron chi connectivity index (χ4n) is 5.33. The summed E-state index contributed by atoms with van der Waals surface area (Å²) in [5.74, 6) is -0.449. The van der Waals surface area contributed by atoms with Crippen molar-refractivity contribution in [2.24, 2.45) is 4.99 Å². The monoisotopic (exact) mass is 560 g/mol. The number of hydrogen-bond acceptors (Lipinski definition) is 5. The number of cyclic esters (lactones) is 1. The molecule has 1 heterocycles. The van der Waals surface area contributed by atoms with Crippen LogP contribution in [0.25, 0.3) is 0 Å². The highest BCUT2D eigenvalue weighted by atomic mass is 16.6. The van der Waals surface area contributed by atoms with Crippen LogP contribution in [-0.2, 0) is 27.3 Å². The van der Waals surface area contributed by atoms with Crippen molar-refractivity contribution in [1.29, 1.82) is 0 Å². The van der Waals surface area contributed by atoms with Gasteiger partial charge in [0.1, 0.15) is 12.6 Å². The SMILES string of the molecule is CC(C)(N=C[C@@](C)(Cc1ccccc1)N1C(=O)O[C@H](c2ccccc2)[C@@H]1c1ccccc1)C(=O)OCc1ccccc1. The Morgan fingerprint density at radius 2 is 1.29 bits per heavy atom. The molecule has 1 amide bonds. The maximum absolute atomic E-state index is 13.8. The third-order valence-electron chi connectivity index (χ3n) is 7.59. The summed E-state index contributed by atoms with van der Waals surface area (Å²) in [5.41, 5.74) is 1.66. The predicted molar refractivity (Wildman–Crippen MR) is 164 cm³/mol. The van der Waals surface area contributed by atoms with Gasteiger partial charge >= 0.3 is 12.1 Å². The first kappa shape index (κ1) is 28.8. The first-order valence-corrected chi connectivity index (χ1v) is 14.2. The van der Waals surface area contributed by atoms with Crippen LogP contribution in [0.3, 0.4) is 0 Å². The number of carbonyl (C=O) groups is 2. The molecule has 0 N–H and O–H groups in total. The zero-order chi connectivity index (χ0) is 29.6. The van der Waals surface area contributed by atoms with Crippen LogP contribution in [0.1, 0.15) is 55.2 Å². The van der Waals surface area contributed by atoms with Crippen LogP contribution in [0.5, 0.6) is 0 Å². The lowest BCUT2D eigenvalue weighted by atomic mass is 9.87. The normalized spacial score (nSPS) is 18.5. The number of rotatable bonds is 10. The molecule has 0 aliphatic carbocycles. The van der Waals surface area contributed by atoms with E-state index in [0.717, 1.165) is 22.3 Å². The van der Waals surface area contributed by atoms with E-state index in [4.69, 9.17) is 14.5 Å². The molecule has 0 saturated carbocycles. The first-order valence-electron chi connectivity index (χ1n) is 14.2. The number of aliphatic imine (C=N–C) groups is 1. The summed E-state index contributed by atoms with van der Waals surface area (Å²) in [6.07, 6.45) is 1.24. The van der Waals surface area contributed by atoms with E-state index in [1.165, 1.54) is 0 Å². The van der Waals surface area contributed by atoms with Gasteiger partial charge in [-0.3, -0.25) is 9.89 Å². The molecule has 1 saturated heterocycles. The predicted octanol–water partition coefficient (Wildman–Crippen LogP) is 7.52. The van der Waals surface area contributed by atoms with Crippen LogP contribution >= 0.6 is 0 Å². The zero-order valence-electron chi connectivity index (χ0n) is 24.2. The Kier molecular flexibility index (Phi) is 8.53. The van der Waals surface area contributed by atoms with Gasteiger partial charge in [-0.1, -0.05) is 121 Å². The summed E-state index contributed by atoms with van der Waals surface area (Å²) < 4.78 is 11.7. The molecule has 0 unspecified atom stereocenters. The van der Waals surface area contributed by atoms with Gasteiger partial charge in [0.15, 0.2) is 11.6 Å². The van der Waals surface area contributed by atoms with Gasteiger partial charge in [-0.2, -0.15) is 0 Å². The largest absolute Gasteiger partial charge is 0.459 e. The van der Waals surface area contributed by atoms with E-state index in [1.807, 2.05) is 128 Å². The third kappa shape index (κ3) is 6.44. The minimum absolute atomic E-state index is 0.160. The fourth-order valence-corrected chi connectivity index (χ4v) is 5.33. The fraction of sp³-hybridized carbons (Fsp3) is 0.250. The number of carbonyl (C=O) groups excluding carboxylic acids is 2. The van der Waals surface area contributed by atoms with E-state index < -0.39 is 35.3 Å². The number of benzene rings is 4. The van der Waals surface area contributed by atoms with Crippen molar-refractivity contribution in [2.45, 2.75) is 57.0 Å². The molecular formula is C36H36N2O4. The first-order chi connectivity index (χ1) is 20.3. The molecule has 3 atom stereocenters. The van der Waals surface area contributed by atoms with Crippen molar-refractivity contribution in [3.05, 3.63) is 144 Å². The maximum atomic E-state index is 13.8. The highest BCUT2D eigenvalue weighted by Crippen LogP contribution is 2.47. The molecular weight excluding hydrogens is 524 g/mol. The molecule has 6 nitrogen and oxygen atoms in total. The van der Waals surface area contributed by atoms with E-state index in [1.54, 1.807) is 25.0 Å². The molecule has 6 heteroatoms. The van der Waals surface area contributed by atoms with E-state index >= 15 is 0 Å². The summed E-state index contributed by atoms with van der Waals surface area (Å²) in [5, 5.41) is 0. The van der Waals surface area contributed by atoms with Gasteiger partial charge in [0.25, 0.3) is 0 Å². The minimum atomic E-state index is -1.18. The second kappa shape index (κ2) is 12.4. The van der Waals surface area contributed by atoms with Crippen LogP contribution in [-0.4, -0.2) is 34.3 Å². The van der Waals surface area contributed by atoms with Crippen LogP contribution in [0, 0.1) is 0 Å². The number of hydrogen-bond donors (Lipinski definition) is 0. The number of ether oxygens (including phenoxy) is 2. The van der Waals surface area contributed by atoms with Gasteiger partial charge in [-0.15, -0.1) is 0 Å². The molecule has 0 bridgehead atoms. The highest BCUT2D eigenvalue weighted by molar-refractivity contribution is 5.86. The van der Waals surface area contributed by atoms with Crippen molar-refractivity contribution in [3.8, 4) is 0 Å². The standard InChI is InChI=1S/C36H36N2O4/c1-35(2,33(39)41-25-28-18-10-5-11-19-28)37-26-36(3,24-27-16-8-4-9-17-27)38-31(29-20-12-6-13-21-29)32(42-34(38)40)30-22-14-7-15-23-30/h4-23,26,31-32H,24-25H2,1-3H3/t31-,32+,36+/m0/s1. The number of nitrogens with zero attached hydrogens (tertiary/aromatic N) is 2. The summed E-state index contributed by atoms with van der Waals surface area (Å²) in [4.78, 5) is 33.6. The lowest BCUT2D eigenvalue weighted by Crippen LogP contribution is -2.52. The highest BCUT2D eigenvalue weighted by Gasteiger charge is 2.51. The molecule has 214 valence electrons. The Hall–Kier alpha value is -4.71. The molecule has 1 fully saturated rings. The lowest BCUT2D eigenvalue weighted by Gasteiger charge is -2.39. The van der Waals surface area contributed by atoms with Crippen molar-refractivity contribution < 1.29 is 19.1 Å². The molecule has 1 aliphatic rings. The molecule has 0 spiro atoms. The van der Waals surface area contributed by atoms with Crippen LogP contribution in [0.4, 0.5) is 4.79 Å². The van der Waals surface area contributed by atoms with E-state index in [0.29, 0.717) is 6.42 Å². The molecule has 0 aromatic heterocycles. The topological polar surface area (TPSA) is 68.2 Å². The Morgan fingerprint density at radius 3 is 1.86 bits per heavy atom. The van der Waals surface area contributed by atoms with Crippen molar-refractivity contribution >= 4 is 18.3 Å². The van der Waals surface area contributed by atoms with Gasteiger partial charge in [0, 0.05) is 12.6 Å². The number of esters is 1. The lowest BCUT2D eigenvalue weighted by molar-refractivity contribution is -0.150. The van der Waals surface area contributed by atoms with Crippen molar-refractivity contribution in [1.82, 2.24) is 4.90 Å². The van der Waals surface area contributed by atoms with Crippen LogP contribution in [0.15, 0.2) is 126 Å². The molecule has 5 rings (SSSR count). The van der Waals surface area contributed by atoms with Crippen molar-refractivity contribution in [3.63, 3.8) is 0 Å². The third-order valence-corrected chi connectivity index (χ3v) is 7.59. The summed E-state index contributed by atoms with van der Waals surface area (Å²) in [7, 11) is 0. The smallest absolute Gasteiger partial charge is 0.411 e. The molecule has 4 aromatic carbocycles. The van der Waals surface area contributed by atoms with Gasteiger partial charge in [-0.05, 0) is 43.0 Å². The molecule has 4 aromatic rings. The second-order valence-electron chi connectivity index (χ2n) is 11.3. The van der Waals surface area contributed by atoms with Gasteiger partial charge in [0.2, 0.25) is 0 Å². The number of amides is 1. The molecule has 42 heavy (non-hydrogen) atoms. The Morgan fingerprint density at radius 1 is 0.786 bits per heavy atom. The summed E-state index contributed by atoms with van der Waals surface area (Å²) in [6.45, 7) is 5.58. The summed E-state index contributed by atoms with van der Waals surface area (Å²) in [6, 6.07) is 38.8. The average molecular weight is 561 g/mol.